The summed E-state index contributed by atoms with van der Waals surface area (Å²) in [5, 5.41) is 6.59. The average molecular weight is 288 g/mol. The number of rotatable bonds is 3. The largest absolute Gasteiger partial charge is 0.323 e. The summed E-state index contributed by atoms with van der Waals surface area (Å²) in [5.41, 5.74) is 1.22. The van der Waals surface area contributed by atoms with Crippen molar-refractivity contribution in [2.45, 2.75) is 6.42 Å². The number of aromatic nitrogens is 3. The summed E-state index contributed by atoms with van der Waals surface area (Å²) in [7, 11) is 0. The Morgan fingerprint density at radius 2 is 2.14 bits per heavy atom. The van der Waals surface area contributed by atoms with Gasteiger partial charge in [0.15, 0.2) is 5.65 Å². The van der Waals surface area contributed by atoms with Gasteiger partial charge in [0, 0.05) is 12.1 Å². The van der Waals surface area contributed by atoms with Crippen LogP contribution in [0.25, 0.3) is 5.65 Å². The summed E-state index contributed by atoms with van der Waals surface area (Å²) in [4.78, 5) is 16.0. The molecule has 0 unspecified atom stereocenters. The molecule has 0 saturated carbocycles. The number of amides is 1. The summed E-state index contributed by atoms with van der Waals surface area (Å²) in [6.07, 6.45) is 4.47. The van der Waals surface area contributed by atoms with E-state index in [1.54, 1.807) is 18.5 Å². The molecule has 0 atom stereocenters. The molecule has 1 amide bonds. The molecule has 0 aliphatic heterocycles. The number of carbonyl (C=O) groups excluding carboxylic acids is 1. The van der Waals surface area contributed by atoms with Gasteiger partial charge < -0.3 is 5.32 Å². The molecule has 0 fully saturated rings. The predicted molar refractivity (Wildman–Crippen MR) is 71.7 cm³/mol. The molecular formula is C14H10F2N4O. The van der Waals surface area contributed by atoms with Crippen molar-refractivity contribution in [2.24, 2.45) is 0 Å². The molecule has 0 aliphatic carbocycles. The highest BCUT2D eigenvalue weighted by Gasteiger charge is 2.10. The summed E-state index contributed by atoms with van der Waals surface area (Å²) in [6.45, 7) is 0. The molecule has 0 radical (unpaired) electrons. The topological polar surface area (TPSA) is 59.3 Å². The first-order valence-electron chi connectivity index (χ1n) is 6.15. The van der Waals surface area contributed by atoms with Crippen molar-refractivity contribution in [3.05, 3.63) is 60.1 Å². The zero-order chi connectivity index (χ0) is 14.8. The third kappa shape index (κ3) is 2.86. The minimum Gasteiger partial charge on any atom is -0.323 e. The van der Waals surface area contributed by atoms with Gasteiger partial charge in [0.05, 0.1) is 30.7 Å². The highest BCUT2D eigenvalue weighted by molar-refractivity contribution is 5.92. The molecule has 106 valence electrons. The first-order valence-corrected chi connectivity index (χ1v) is 6.15. The first kappa shape index (κ1) is 13.2. The maximum atomic E-state index is 13.5. The Kier molecular flexibility index (Phi) is 3.31. The van der Waals surface area contributed by atoms with Crippen molar-refractivity contribution in [1.82, 2.24) is 14.6 Å². The molecule has 1 aromatic carbocycles. The van der Waals surface area contributed by atoms with E-state index in [1.165, 1.54) is 16.8 Å². The fourth-order valence-corrected chi connectivity index (χ4v) is 1.92. The minimum atomic E-state index is -0.745. The van der Waals surface area contributed by atoms with Crippen molar-refractivity contribution in [3.8, 4) is 0 Å². The van der Waals surface area contributed by atoms with Gasteiger partial charge in [-0.25, -0.2) is 18.3 Å². The van der Waals surface area contributed by atoms with E-state index in [2.05, 4.69) is 15.4 Å². The molecular weight excluding hydrogens is 278 g/mol. The lowest BCUT2D eigenvalue weighted by Crippen LogP contribution is -2.16. The van der Waals surface area contributed by atoms with Crippen molar-refractivity contribution in [3.63, 3.8) is 0 Å². The molecule has 0 aliphatic rings. The van der Waals surface area contributed by atoms with Gasteiger partial charge in [-0.3, -0.25) is 4.79 Å². The van der Waals surface area contributed by atoms with Gasteiger partial charge in [0.25, 0.3) is 0 Å². The van der Waals surface area contributed by atoms with Gasteiger partial charge in [-0.1, -0.05) is 6.07 Å². The van der Waals surface area contributed by atoms with Gasteiger partial charge >= 0.3 is 0 Å². The predicted octanol–water partition coefficient (Wildman–Crippen LogP) is 2.19. The normalized spacial score (nSPS) is 10.8. The molecule has 21 heavy (non-hydrogen) atoms. The Morgan fingerprint density at radius 1 is 1.29 bits per heavy atom. The molecule has 0 saturated heterocycles. The second-order valence-electron chi connectivity index (χ2n) is 4.44. The van der Waals surface area contributed by atoms with Crippen LogP contribution in [0.4, 0.5) is 14.5 Å². The maximum absolute atomic E-state index is 13.5. The molecule has 3 aromatic rings. The quantitative estimate of drug-likeness (QED) is 0.803. The first-order chi connectivity index (χ1) is 10.1. The number of anilines is 1. The van der Waals surface area contributed by atoms with Gasteiger partial charge in [0.1, 0.15) is 11.6 Å². The van der Waals surface area contributed by atoms with E-state index in [9.17, 15) is 13.6 Å². The Balaban J connectivity index is 1.73. The molecule has 2 heterocycles. The molecule has 3 rings (SSSR count). The number of nitrogens with zero attached hydrogens (tertiary/aromatic N) is 3. The smallest absolute Gasteiger partial charge is 0.228 e. The monoisotopic (exact) mass is 288 g/mol. The SMILES string of the molecule is O=C(Cc1ccc(F)cc1F)Nc1cnc2ccnn2c1. The highest BCUT2D eigenvalue weighted by Crippen LogP contribution is 2.12. The van der Waals surface area contributed by atoms with Gasteiger partial charge in [-0.2, -0.15) is 5.10 Å². The fourth-order valence-electron chi connectivity index (χ4n) is 1.92. The Bertz CT molecular complexity index is 816. The standard InChI is InChI=1S/C14H10F2N4O/c15-10-2-1-9(12(16)6-10)5-14(21)19-11-7-17-13-3-4-18-20(13)8-11/h1-4,6-8H,5H2,(H,19,21). The number of carbonyl (C=O) groups is 1. The fraction of sp³-hybridized carbons (Fsp3) is 0.0714. The van der Waals surface area contributed by atoms with Gasteiger partial charge in [-0.05, 0) is 11.6 Å². The zero-order valence-corrected chi connectivity index (χ0v) is 10.8. The summed E-state index contributed by atoms with van der Waals surface area (Å²) >= 11 is 0. The van der Waals surface area contributed by atoms with Crippen LogP contribution in [-0.2, 0) is 11.2 Å². The third-order valence-electron chi connectivity index (χ3n) is 2.90. The number of hydrogen-bond acceptors (Lipinski definition) is 3. The van der Waals surface area contributed by atoms with Crippen LogP contribution in [0.5, 0.6) is 0 Å². The van der Waals surface area contributed by atoms with Gasteiger partial charge in [0.2, 0.25) is 5.91 Å². The van der Waals surface area contributed by atoms with E-state index >= 15 is 0 Å². The van der Waals surface area contributed by atoms with E-state index in [0.717, 1.165) is 12.1 Å². The molecule has 0 bridgehead atoms. The number of nitrogens with one attached hydrogen (secondary N) is 1. The second kappa shape index (κ2) is 5.28. The van der Waals surface area contributed by atoms with Crippen LogP contribution in [0.1, 0.15) is 5.56 Å². The molecule has 1 N–H and O–H groups in total. The van der Waals surface area contributed by atoms with Crippen LogP contribution in [0.3, 0.4) is 0 Å². The minimum absolute atomic E-state index is 0.127. The number of benzene rings is 1. The summed E-state index contributed by atoms with van der Waals surface area (Å²) in [6, 6.07) is 4.84. The maximum Gasteiger partial charge on any atom is 0.228 e. The van der Waals surface area contributed by atoms with Crippen LogP contribution in [0.15, 0.2) is 42.9 Å². The lowest BCUT2D eigenvalue weighted by molar-refractivity contribution is -0.115. The van der Waals surface area contributed by atoms with E-state index in [4.69, 9.17) is 0 Å². The zero-order valence-electron chi connectivity index (χ0n) is 10.8. The van der Waals surface area contributed by atoms with E-state index in [1.807, 2.05) is 0 Å². The van der Waals surface area contributed by atoms with Gasteiger partial charge in [-0.15, -0.1) is 0 Å². The molecule has 7 heteroatoms. The van der Waals surface area contributed by atoms with Crippen molar-refractivity contribution < 1.29 is 13.6 Å². The lowest BCUT2D eigenvalue weighted by Gasteiger charge is -2.06. The van der Waals surface area contributed by atoms with E-state index in [-0.39, 0.29) is 12.0 Å². The van der Waals surface area contributed by atoms with Crippen LogP contribution >= 0.6 is 0 Å². The summed E-state index contributed by atoms with van der Waals surface area (Å²) in [5.74, 6) is -1.84. The van der Waals surface area contributed by atoms with E-state index < -0.39 is 17.5 Å². The average Bonchev–Trinajstić information content (AvgIpc) is 2.89. The highest BCUT2D eigenvalue weighted by atomic mass is 19.1. The molecule has 2 aromatic heterocycles. The van der Waals surface area contributed by atoms with Crippen LogP contribution in [0.2, 0.25) is 0 Å². The number of hydrogen-bond donors (Lipinski definition) is 1. The van der Waals surface area contributed by atoms with Crippen LogP contribution in [0, 0.1) is 11.6 Å². The van der Waals surface area contributed by atoms with E-state index in [0.29, 0.717) is 11.3 Å². The number of fused-ring (bicyclic) bond motifs is 1. The van der Waals surface area contributed by atoms with Crippen molar-refractivity contribution in [1.29, 1.82) is 0 Å². The number of halogens is 2. The van der Waals surface area contributed by atoms with Crippen molar-refractivity contribution in [2.75, 3.05) is 5.32 Å². The Labute approximate surface area is 118 Å². The molecule has 5 nitrogen and oxygen atoms in total. The summed E-state index contributed by atoms with van der Waals surface area (Å²) < 4.78 is 27.8. The Hall–Kier alpha value is -2.83. The van der Waals surface area contributed by atoms with Crippen LogP contribution < -0.4 is 5.32 Å². The second-order valence-corrected chi connectivity index (χ2v) is 4.44. The van der Waals surface area contributed by atoms with Crippen LogP contribution in [-0.4, -0.2) is 20.5 Å². The third-order valence-corrected chi connectivity index (χ3v) is 2.90. The molecule has 0 spiro atoms. The Morgan fingerprint density at radius 3 is 2.95 bits per heavy atom. The van der Waals surface area contributed by atoms with Crippen molar-refractivity contribution >= 4 is 17.2 Å². The lowest BCUT2D eigenvalue weighted by atomic mass is 10.1.